The molecule has 98 valence electrons. The Morgan fingerprint density at radius 3 is 2.78 bits per heavy atom. The molecule has 0 radical (unpaired) electrons. The minimum absolute atomic E-state index is 0.0319. The predicted molar refractivity (Wildman–Crippen MR) is 72.2 cm³/mol. The van der Waals surface area contributed by atoms with Gasteiger partial charge in [0.15, 0.2) is 0 Å². The van der Waals surface area contributed by atoms with Gasteiger partial charge in [-0.25, -0.2) is 17.9 Å². The number of halogens is 1. The predicted octanol–water partition coefficient (Wildman–Crippen LogP) is 1.90. The first-order valence-corrected chi connectivity index (χ1v) is 7.89. The summed E-state index contributed by atoms with van der Waals surface area (Å²) in [5.74, 6) is 4.23. The third kappa shape index (κ3) is 3.81. The number of hydrogen-bond acceptors (Lipinski definition) is 4. The van der Waals surface area contributed by atoms with Gasteiger partial charge in [0.25, 0.3) is 0 Å². The maximum absolute atomic E-state index is 11.9. The monoisotopic (exact) mass is 351 g/mol. The third-order valence-electron chi connectivity index (χ3n) is 1.87. The molecule has 0 bridgehead atoms. The zero-order valence-electron chi connectivity index (χ0n) is 9.36. The van der Waals surface area contributed by atoms with Crippen LogP contribution in [-0.4, -0.2) is 26.0 Å². The van der Waals surface area contributed by atoms with E-state index in [1.54, 1.807) is 6.92 Å². The summed E-state index contributed by atoms with van der Waals surface area (Å²) in [5.41, 5.74) is 0. The van der Waals surface area contributed by atoms with E-state index in [4.69, 9.17) is 5.11 Å². The van der Waals surface area contributed by atoms with E-state index >= 15 is 0 Å². The van der Waals surface area contributed by atoms with Gasteiger partial charge in [-0.3, -0.25) is 0 Å². The molecule has 0 amide bonds. The Balaban J connectivity index is 2.90. The highest BCUT2D eigenvalue weighted by molar-refractivity contribution is 9.11. The highest BCUT2D eigenvalue weighted by atomic mass is 79.9. The Hall–Kier alpha value is -0.880. The summed E-state index contributed by atoms with van der Waals surface area (Å²) >= 11 is 3.91. The third-order valence-corrected chi connectivity index (χ3v) is 5.58. The quantitative estimate of drug-likeness (QED) is 0.626. The van der Waals surface area contributed by atoms with Crippen molar-refractivity contribution in [2.75, 3.05) is 6.54 Å². The van der Waals surface area contributed by atoms with Crippen molar-refractivity contribution in [3.05, 3.63) is 14.7 Å². The van der Waals surface area contributed by atoms with E-state index < -0.39 is 16.0 Å². The van der Waals surface area contributed by atoms with Crippen LogP contribution in [0.2, 0.25) is 0 Å². The number of thiophene rings is 1. The van der Waals surface area contributed by atoms with Crippen molar-refractivity contribution in [1.82, 2.24) is 4.72 Å². The molecule has 0 unspecified atom stereocenters. The van der Waals surface area contributed by atoms with Crippen LogP contribution in [0.25, 0.3) is 0 Å². The summed E-state index contributed by atoms with van der Waals surface area (Å²) < 4.78 is 26.4. The molecule has 5 nitrogen and oxygen atoms in total. The summed E-state index contributed by atoms with van der Waals surface area (Å²) in [6.45, 7) is 1.86. The number of carbonyl (C=O) groups is 1. The standard InChI is InChI=1S/C10H10BrNO4S2/c1-2-3-4-5-12-18(15,16)8-6-7(10(13)14)17-9(8)11/h6,12H,4-5H2,1H3,(H,13,14). The Kier molecular flexibility index (Phi) is 5.34. The molecule has 0 aliphatic rings. The van der Waals surface area contributed by atoms with Gasteiger partial charge < -0.3 is 5.11 Å². The van der Waals surface area contributed by atoms with Crippen LogP contribution in [0.4, 0.5) is 0 Å². The smallest absolute Gasteiger partial charge is 0.345 e. The van der Waals surface area contributed by atoms with Crippen molar-refractivity contribution in [1.29, 1.82) is 0 Å². The Morgan fingerprint density at radius 1 is 1.61 bits per heavy atom. The highest BCUT2D eigenvalue weighted by Crippen LogP contribution is 2.31. The zero-order valence-corrected chi connectivity index (χ0v) is 12.6. The maximum Gasteiger partial charge on any atom is 0.345 e. The highest BCUT2D eigenvalue weighted by Gasteiger charge is 2.22. The largest absolute Gasteiger partial charge is 0.477 e. The second kappa shape index (κ2) is 6.33. The minimum Gasteiger partial charge on any atom is -0.477 e. The number of carboxylic acid groups (broad SMARTS) is 1. The number of nitrogens with one attached hydrogen (secondary N) is 1. The fourth-order valence-electron chi connectivity index (χ4n) is 1.09. The number of hydrogen-bond donors (Lipinski definition) is 2. The van der Waals surface area contributed by atoms with E-state index in [0.717, 1.165) is 17.4 Å². The molecule has 0 spiro atoms. The molecule has 0 saturated heterocycles. The van der Waals surface area contributed by atoms with E-state index in [-0.39, 0.29) is 20.1 Å². The molecule has 0 atom stereocenters. The van der Waals surface area contributed by atoms with Crippen LogP contribution < -0.4 is 4.72 Å². The van der Waals surface area contributed by atoms with E-state index in [9.17, 15) is 13.2 Å². The van der Waals surface area contributed by atoms with Crippen LogP contribution in [0.1, 0.15) is 23.0 Å². The summed E-state index contributed by atoms with van der Waals surface area (Å²) in [5, 5.41) is 8.79. The van der Waals surface area contributed by atoms with Gasteiger partial charge in [-0.15, -0.1) is 23.2 Å². The molecule has 1 heterocycles. The molecule has 8 heteroatoms. The van der Waals surface area contributed by atoms with Crippen LogP contribution in [0.15, 0.2) is 14.7 Å². The van der Waals surface area contributed by atoms with Gasteiger partial charge in [0.2, 0.25) is 10.0 Å². The summed E-state index contributed by atoms with van der Waals surface area (Å²) in [6.07, 6.45) is 0.406. The second-order valence-corrected chi connectivity index (χ2v) is 7.23. The molecule has 0 aromatic carbocycles. The fraction of sp³-hybridized carbons (Fsp3) is 0.300. The summed E-state index contributed by atoms with van der Waals surface area (Å²) in [7, 11) is -3.70. The Labute approximate surface area is 117 Å². The molecule has 1 rings (SSSR count). The van der Waals surface area contributed by atoms with Gasteiger partial charge in [0, 0.05) is 13.0 Å². The zero-order chi connectivity index (χ0) is 13.8. The molecule has 0 aliphatic carbocycles. The van der Waals surface area contributed by atoms with Crippen molar-refractivity contribution in [2.24, 2.45) is 0 Å². The van der Waals surface area contributed by atoms with Gasteiger partial charge >= 0.3 is 5.97 Å². The molecule has 2 N–H and O–H groups in total. The van der Waals surface area contributed by atoms with Crippen molar-refractivity contribution in [3.63, 3.8) is 0 Å². The lowest BCUT2D eigenvalue weighted by Gasteiger charge is -2.02. The average Bonchev–Trinajstić information content (AvgIpc) is 2.68. The van der Waals surface area contributed by atoms with Gasteiger partial charge in [0.05, 0.1) is 3.79 Å². The van der Waals surface area contributed by atoms with Gasteiger partial charge in [-0.05, 0) is 28.9 Å². The molecule has 18 heavy (non-hydrogen) atoms. The number of sulfonamides is 1. The Morgan fingerprint density at radius 2 is 2.28 bits per heavy atom. The summed E-state index contributed by atoms with van der Waals surface area (Å²) in [6, 6.07) is 1.13. The van der Waals surface area contributed by atoms with E-state index in [0.29, 0.717) is 6.42 Å². The Bertz CT molecular complexity index is 610. The maximum atomic E-state index is 11.9. The SMILES string of the molecule is CC#CCCNS(=O)(=O)c1cc(C(=O)O)sc1Br. The lowest BCUT2D eigenvalue weighted by Crippen LogP contribution is -2.24. The number of aromatic carboxylic acids is 1. The van der Waals surface area contributed by atoms with Crippen LogP contribution >= 0.6 is 27.3 Å². The molecule has 0 aliphatic heterocycles. The normalized spacial score (nSPS) is 10.8. The molecular weight excluding hydrogens is 342 g/mol. The first kappa shape index (κ1) is 15.2. The first-order valence-electron chi connectivity index (χ1n) is 4.80. The minimum atomic E-state index is -3.70. The van der Waals surface area contributed by atoms with Gasteiger partial charge in [-0.1, -0.05) is 0 Å². The van der Waals surface area contributed by atoms with Gasteiger partial charge in [0.1, 0.15) is 9.77 Å². The van der Waals surface area contributed by atoms with Crippen LogP contribution in [0.3, 0.4) is 0 Å². The van der Waals surface area contributed by atoms with Crippen molar-refractivity contribution in [3.8, 4) is 11.8 Å². The number of carboxylic acids is 1. The molecule has 1 aromatic heterocycles. The second-order valence-electron chi connectivity index (χ2n) is 3.13. The topological polar surface area (TPSA) is 83.5 Å². The summed E-state index contributed by atoms with van der Waals surface area (Å²) in [4.78, 5) is 10.7. The van der Waals surface area contributed by atoms with Crippen molar-refractivity contribution < 1.29 is 18.3 Å². The molecule has 0 fully saturated rings. The van der Waals surface area contributed by atoms with Crippen molar-refractivity contribution >= 4 is 43.3 Å². The average molecular weight is 352 g/mol. The van der Waals surface area contributed by atoms with Gasteiger partial charge in [-0.2, -0.15) is 0 Å². The fourth-order valence-corrected chi connectivity index (χ4v) is 4.52. The van der Waals surface area contributed by atoms with Crippen LogP contribution in [0.5, 0.6) is 0 Å². The lowest BCUT2D eigenvalue weighted by molar-refractivity contribution is 0.0702. The van der Waals surface area contributed by atoms with Crippen LogP contribution in [-0.2, 0) is 10.0 Å². The van der Waals surface area contributed by atoms with E-state index in [1.165, 1.54) is 0 Å². The van der Waals surface area contributed by atoms with Crippen molar-refractivity contribution in [2.45, 2.75) is 18.2 Å². The van der Waals surface area contributed by atoms with E-state index in [2.05, 4.69) is 32.5 Å². The first-order chi connectivity index (χ1) is 8.38. The number of rotatable bonds is 5. The molecular formula is C10H10BrNO4S2. The van der Waals surface area contributed by atoms with E-state index in [1.807, 2.05) is 0 Å². The molecule has 0 saturated carbocycles. The molecule has 1 aromatic rings. The lowest BCUT2D eigenvalue weighted by atomic mass is 10.4. The van der Waals surface area contributed by atoms with Crippen LogP contribution in [0, 0.1) is 11.8 Å².